The van der Waals surface area contributed by atoms with Crippen LogP contribution in [-0.2, 0) is 19.0 Å². The highest BCUT2D eigenvalue weighted by Crippen LogP contribution is 2.20. The third-order valence-electron chi connectivity index (χ3n) is 4.26. The molecular weight excluding hydrogens is 336 g/mol. The molecule has 2 aromatic carbocycles. The molecule has 1 heterocycles. The molecule has 1 fully saturated rings. The van der Waals surface area contributed by atoms with Gasteiger partial charge in [0.15, 0.2) is 0 Å². The summed E-state index contributed by atoms with van der Waals surface area (Å²) in [6.07, 6.45) is 1.45. The molecule has 2 atom stereocenters. The molecule has 0 N–H and O–H groups in total. The SMILES string of the molecule is CCC(C=O)COC(=O)c1ccc2cc(C(=O)OCC3CO3)ccc2c1. The molecule has 0 aliphatic carbocycles. The van der Waals surface area contributed by atoms with Crippen molar-refractivity contribution in [3.63, 3.8) is 0 Å². The Bertz CT molecular complexity index is 824. The van der Waals surface area contributed by atoms with Crippen LogP contribution in [-0.4, -0.2) is 44.1 Å². The Labute approximate surface area is 151 Å². The fraction of sp³-hybridized carbons (Fsp3) is 0.350. The van der Waals surface area contributed by atoms with E-state index in [0.29, 0.717) is 24.2 Å². The number of ether oxygens (including phenoxy) is 3. The Hall–Kier alpha value is -2.73. The van der Waals surface area contributed by atoms with Crippen molar-refractivity contribution in [1.82, 2.24) is 0 Å². The van der Waals surface area contributed by atoms with Crippen molar-refractivity contribution >= 4 is 29.0 Å². The van der Waals surface area contributed by atoms with Gasteiger partial charge in [0, 0.05) is 5.92 Å². The maximum absolute atomic E-state index is 12.1. The summed E-state index contributed by atoms with van der Waals surface area (Å²) in [6, 6.07) is 10.2. The van der Waals surface area contributed by atoms with Gasteiger partial charge in [-0.1, -0.05) is 19.1 Å². The van der Waals surface area contributed by atoms with Crippen molar-refractivity contribution in [2.45, 2.75) is 19.4 Å². The Morgan fingerprint density at radius 2 is 1.69 bits per heavy atom. The number of aldehydes is 1. The van der Waals surface area contributed by atoms with E-state index in [1.165, 1.54) is 0 Å². The second-order valence-electron chi connectivity index (χ2n) is 6.23. The second kappa shape index (κ2) is 8.10. The maximum Gasteiger partial charge on any atom is 0.338 e. The van der Waals surface area contributed by atoms with Crippen LogP contribution in [0.5, 0.6) is 0 Å². The molecule has 0 saturated carbocycles. The van der Waals surface area contributed by atoms with E-state index in [2.05, 4.69) is 0 Å². The average molecular weight is 356 g/mol. The lowest BCUT2D eigenvalue weighted by molar-refractivity contribution is -0.112. The fourth-order valence-electron chi connectivity index (χ4n) is 2.44. The minimum absolute atomic E-state index is 0.0273. The number of benzene rings is 2. The summed E-state index contributed by atoms with van der Waals surface area (Å²) in [4.78, 5) is 35.0. The first-order chi connectivity index (χ1) is 12.6. The smallest absolute Gasteiger partial charge is 0.338 e. The van der Waals surface area contributed by atoms with Crippen LogP contribution < -0.4 is 0 Å². The molecule has 26 heavy (non-hydrogen) atoms. The summed E-state index contributed by atoms with van der Waals surface area (Å²) >= 11 is 0. The minimum Gasteiger partial charge on any atom is -0.461 e. The molecule has 0 spiro atoms. The number of fused-ring (bicyclic) bond motifs is 1. The highest BCUT2D eigenvalue weighted by Gasteiger charge is 2.24. The maximum atomic E-state index is 12.1. The number of carbonyl (C=O) groups excluding carboxylic acids is 3. The van der Waals surface area contributed by atoms with Gasteiger partial charge in [0.05, 0.1) is 17.7 Å². The summed E-state index contributed by atoms with van der Waals surface area (Å²) in [6.45, 7) is 2.84. The van der Waals surface area contributed by atoms with Crippen molar-refractivity contribution in [3.8, 4) is 0 Å². The zero-order valence-corrected chi connectivity index (χ0v) is 14.5. The van der Waals surface area contributed by atoms with Crippen molar-refractivity contribution < 1.29 is 28.6 Å². The van der Waals surface area contributed by atoms with Gasteiger partial charge in [-0.15, -0.1) is 0 Å². The molecule has 6 nitrogen and oxygen atoms in total. The first-order valence-electron chi connectivity index (χ1n) is 8.55. The van der Waals surface area contributed by atoms with Crippen LogP contribution in [0.15, 0.2) is 36.4 Å². The van der Waals surface area contributed by atoms with Crippen LogP contribution >= 0.6 is 0 Å². The van der Waals surface area contributed by atoms with Gasteiger partial charge in [-0.25, -0.2) is 9.59 Å². The molecule has 6 heteroatoms. The van der Waals surface area contributed by atoms with Crippen LogP contribution in [0.4, 0.5) is 0 Å². The fourth-order valence-corrected chi connectivity index (χ4v) is 2.44. The Kier molecular flexibility index (Phi) is 5.63. The van der Waals surface area contributed by atoms with Crippen molar-refractivity contribution in [1.29, 1.82) is 0 Å². The monoisotopic (exact) mass is 356 g/mol. The summed E-state index contributed by atoms with van der Waals surface area (Å²) in [5, 5.41) is 1.63. The lowest BCUT2D eigenvalue weighted by atomic mass is 10.0. The van der Waals surface area contributed by atoms with E-state index in [1.54, 1.807) is 36.4 Å². The van der Waals surface area contributed by atoms with Crippen molar-refractivity contribution in [2.24, 2.45) is 5.92 Å². The first kappa shape index (κ1) is 18.1. The van der Waals surface area contributed by atoms with E-state index in [9.17, 15) is 14.4 Å². The molecule has 0 radical (unpaired) electrons. The molecule has 2 aromatic rings. The molecular formula is C20H20O6. The summed E-state index contributed by atoms with van der Waals surface area (Å²) in [5.41, 5.74) is 0.852. The van der Waals surface area contributed by atoms with E-state index >= 15 is 0 Å². The second-order valence-corrected chi connectivity index (χ2v) is 6.23. The van der Waals surface area contributed by atoms with Crippen LogP contribution in [0.1, 0.15) is 34.1 Å². The summed E-state index contributed by atoms with van der Waals surface area (Å²) in [7, 11) is 0. The van der Waals surface area contributed by atoms with Crippen LogP contribution in [0, 0.1) is 5.92 Å². The van der Waals surface area contributed by atoms with E-state index in [0.717, 1.165) is 17.1 Å². The number of hydrogen-bond acceptors (Lipinski definition) is 6. The van der Waals surface area contributed by atoms with Gasteiger partial charge in [0.25, 0.3) is 0 Å². The Balaban J connectivity index is 1.68. The summed E-state index contributed by atoms with van der Waals surface area (Å²) in [5.74, 6) is -1.15. The molecule has 136 valence electrons. The third-order valence-corrected chi connectivity index (χ3v) is 4.26. The molecule has 1 aliphatic rings. The van der Waals surface area contributed by atoms with E-state index < -0.39 is 11.9 Å². The molecule has 2 unspecified atom stereocenters. The zero-order valence-electron chi connectivity index (χ0n) is 14.5. The van der Waals surface area contributed by atoms with Gasteiger partial charge < -0.3 is 19.0 Å². The van der Waals surface area contributed by atoms with E-state index in [4.69, 9.17) is 14.2 Å². The molecule has 0 aromatic heterocycles. The standard InChI is InChI=1S/C20H20O6/c1-2-13(9-21)10-25-19(22)16-5-3-15-8-17(6-4-14(15)7-16)20(23)26-12-18-11-24-18/h3-9,13,18H,2,10-12H2,1H3. The molecule has 0 bridgehead atoms. The molecule has 1 aliphatic heterocycles. The number of hydrogen-bond donors (Lipinski definition) is 0. The molecule has 1 saturated heterocycles. The van der Waals surface area contributed by atoms with Crippen molar-refractivity contribution in [3.05, 3.63) is 47.5 Å². The third kappa shape index (κ3) is 4.46. The average Bonchev–Trinajstić information content (AvgIpc) is 3.50. The Morgan fingerprint density at radius 3 is 2.19 bits per heavy atom. The van der Waals surface area contributed by atoms with Gasteiger partial charge in [-0.2, -0.15) is 0 Å². The number of carbonyl (C=O) groups is 3. The van der Waals surface area contributed by atoms with Gasteiger partial charge in [0.2, 0.25) is 0 Å². The lowest BCUT2D eigenvalue weighted by Gasteiger charge is -2.09. The predicted octanol–water partition coefficient (Wildman–Crippen LogP) is 2.78. The number of esters is 2. The topological polar surface area (TPSA) is 82.2 Å². The largest absolute Gasteiger partial charge is 0.461 e. The van der Waals surface area contributed by atoms with Crippen LogP contribution in [0.2, 0.25) is 0 Å². The summed E-state index contributed by atoms with van der Waals surface area (Å²) < 4.78 is 15.4. The molecule has 0 amide bonds. The van der Waals surface area contributed by atoms with E-state index in [1.807, 2.05) is 6.92 Å². The van der Waals surface area contributed by atoms with Gasteiger partial charge in [-0.3, -0.25) is 0 Å². The number of epoxide rings is 1. The normalized spacial score (nSPS) is 16.7. The number of rotatable bonds is 8. The highest BCUT2D eigenvalue weighted by molar-refractivity contribution is 5.99. The zero-order chi connectivity index (χ0) is 18.5. The highest BCUT2D eigenvalue weighted by atomic mass is 16.6. The minimum atomic E-state index is -0.472. The van der Waals surface area contributed by atoms with Gasteiger partial charge in [-0.05, 0) is 41.5 Å². The predicted molar refractivity (Wildman–Crippen MR) is 94.1 cm³/mol. The van der Waals surface area contributed by atoms with Gasteiger partial charge in [0.1, 0.15) is 25.6 Å². The van der Waals surface area contributed by atoms with Crippen LogP contribution in [0.25, 0.3) is 10.8 Å². The van der Waals surface area contributed by atoms with Crippen LogP contribution in [0.3, 0.4) is 0 Å². The Morgan fingerprint density at radius 1 is 1.12 bits per heavy atom. The first-order valence-corrected chi connectivity index (χ1v) is 8.55. The van der Waals surface area contributed by atoms with Crippen molar-refractivity contribution in [2.75, 3.05) is 19.8 Å². The lowest BCUT2D eigenvalue weighted by Crippen LogP contribution is -2.14. The van der Waals surface area contributed by atoms with E-state index in [-0.39, 0.29) is 25.2 Å². The quantitative estimate of drug-likeness (QED) is 0.411. The molecule has 3 rings (SSSR count). The van der Waals surface area contributed by atoms with Gasteiger partial charge >= 0.3 is 11.9 Å².